The summed E-state index contributed by atoms with van der Waals surface area (Å²) in [5.74, 6) is 0.491. The average molecular weight is 324 g/mol. The molecule has 1 N–H and O–H groups in total. The van der Waals surface area contributed by atoms with Gasteiger partial charge in [-0.1, -0.05) is 44.2 Å². The number of nitrogens with zero attached hydrogens (tertiary/aromatic N) is 1. The van der Waals surface area contributed by atoms with Crippen molar-refractivity contribution in [3.05, 3.63) is 65.7 Å². The Kier molecular flexibility index (Phi) is 5.74. The third-order valence-corrected chi connectivity index (χ3v) is 3.95. The number of amides is 1. The molecule has 0 saturated heterocycles. The van der Waals surface area contributed by atoms with Crippen LogP contribution in [0.3, 0.4) is 0 Å². The molecule has 0 fully saturated rings. The topological polar surface area (TPSA) is 50.7 Å². The average Bonchev–Trinajstić information content (AvgIpc) is 2.60. The number of carbonyl (C=O) groups excluding carboxylic acids is 1. The van der Waals surface area contributed by atoms with Crippen molar-refractivity contribution in [1.29, 1.82) is 0 Å². The molecule has 0 aromatic heterocycles. The molecule has 24 heavy (non-hydrogen) atoms. The van der Waals surface area contributed by atoms with E-state index in [2.05, 4.69) is 36.5 Å². The van der Waals surface area contributed by atoms with Gasteiger partial charge in [-0.05, 0) is 48.6 Å². The molecule has 2 aromatic rings. The van der Waals surface area contributed by atoms with E-state index in [1.807, 2.05) is 25.1 Å². The van der Waals surface area contributed by atoms with E-state index >= 15 is 0 Å². The number of methoxy groups -OCH3 is 1. The zero-order valence-corrected chi connectivity index (χ0v) is 14.7. The summed E-state index contributed by atoms with van der Waals surface area (Å²) in [6, 6.07) is 17.2. The number of benzene rings is 2. The molecule has 0 radical (unpaired) electrons. The van der Waals surface area contributed by atoms with Gasteiger partial charge in [-0.25, -0.2) is 5.43 Å². The first-order chi connectivity index (χ1) is 11.4. The molecule has 0 aliphatic rings. The van der Waals surface area contributed by atoms with Gasteiger partial charge >= 0.3 is 0 Å². The van der Waals surface area contributed by atoms with Gasteiger partial charge in [0.1, 0.15) is 5.75 Å². The van der Waals surface area contributed by atoms with E-state index in [-0.39, 0.29) is 11.3 Å². The Bertz CT molecular complexity index is 704. The molecule has 126 valence electrons. The molecule has 0 heterocycles. The van der Waals surface area contributed by atoms with Crippen molar-refractivity contribution in [3.63, 3.8) is 0 Å². The summed E-state index contributed by atoms with van der Waals surface area (Å²) in [4.78, 5) is 12.1. The summed E-state index contributed by atoms with van der Waals surface area (Å²) in [6.07, 6.45) is 0.764. The lowest BCUT2D eigenvalue weighted by Crippen LogP contribution is -2.24. The second-order valence-corrected chi connectivity index (χ2v) is 6.44. The molecule has 0 bridgehead atoms. The minimum absolute atomic E-state index is 0.0420. The minimum atomic E-state index is -0.227. The molecule has 0 spiro atoms. The largest absolute Gasteiger partial charge is 0.497 e. The smallest absolute Gasteiger partial charge is 0.271 e. The number of ether oxygens (including phenoxy) is 1. The van der Waals surface area contributed by atoms with E-state index in [1.54, 1.807) is 31.4 Å². The number of hydrogen-bond acceptors (Lipinski definition) is 3. The standard InChI is InChI=1S/C20H24N2O2/c1-15(14-20(2,3)17-8-6-5-7-9-17)21-22-19(23)16-10-12-18(24-4)13-11-16/h5-13H,14H2,1-4H3,(H,22,23)/b21-15+. The van der Waals surface area contributed by atoms with Crippen molar-refractivity contribution in [2.24, 2.45) is 5.10 Å². The Morgan fingerprint density at radius 2 is 1.71 bits per heavy atom. The highest BCUT2D eigenvalue weighted by Gasteiger charge is 2.21. The third-order valence-electron chi connectivity index (χ3n) is 3.95. The van der Waals surface area contributed by atoms with Crippen LogP contribution >= 0.6 is 0 Å². The number of carbonyl (C=O) groups is 1. The number of nitrogens with one attached hydrogen (secondary N) is 1. The van der Waals surface area contributed by atoms with Crippen LogP contribution < -0.4 is 10.2 Å². The van der Waals surface area contributed by atoms with Crippen molar-refractivity contribution in [2.75, 3.05) is 7.11 Å². The summed E-state index contributed by atoms with van der Waals surface area (Å²) in [5, 5.41) is 4.24. The Morgan fingerprint density at radius 1 is 1.08 bits per heavy atom. The number of rotatable bonds is 6. The fourth-order valence-corrected chi connectivity index (χ4v) is 2.62. The first kappa shape index (κ1) is 17.7. The van der Waals surface area contributed by atoms with Crippen molar-refractivity contribution in [2.45, 2.75) is 32.6 Å². The van der Waals surface area contributed by atoms with Gasteiger partial charge < -0.3 is 4.74 Å². The first-order valence-electron chi connectivity index (χ1n) is 7.95. The van der Waals surface area contributed by atoms with Crippen molar-refractivity contribution < 1.29 is 9.53 Å². The van der Waals surface area contributed by atoms with E-state index in [1.165, 1.54) is 5.56 Å². The van der Waals surface area contributed by atoms with E-state index in [0.717, 1.165) is 17.9 Å². The quantitative estimate of drug-likeness (QED) is 0.640. The highest BCUT2D eigenvalue weighted by atomic mass is 16.5. The molecule has 2 aromatic carbocycles. The summed E-state index contributed by atoms with van der Waals surface area (Å²) in [5.41, 5.74) is 5.26. The van der Waals surface area contributed by atoms with Crippen LogP contribution in [0.25, 0.3) is 0 Å². The van der Waals surface area contributed by atoms with Gasteiger partial charge in [0.25, 0.3) is 5.91 Å². The van der Waals surface area contributed by atoms with E-state index < -0.39 is 0 Å². The Morgan fingerprint density at radius 3 is 2.29 bits per heavy atom. The summed E-state index contributed by atoms with van der Waals surface area (Å²) >= 11 is 0. The second-order valence-electron chi connectivity index (χ2n) is 6.44. The van der Waals surface area contributed by atoms with Gasteiger partial charge in [-0.2, -0.15) is 5.10 Å². The molecule has 0 atom stereocenters. The highest BCUT2D eigenvalue weighted by Crippen LogP contribution is 2.27. The molecular formula is C20H24N2O2. The Labute approximate surface area is 143 Å². The van der Waals surface area contributed by atoms with Crippen LogP contribution in [-0.4, -0.2) is 18.7 Å². The maximum atomic E-state index is 12.1. The van der Waals surface area contributed by atoms with Crippen LogP contribution in [0.15, 0.2) is 59.7 Å². The lowest BCUT2D eigenvalue weighted by molar-refractivity contribution is 0.0954. The molecule has 0 aliphatic heterocycles. The predicted octanol–water partition coefficient (Wildman–Crippen LogP) is 4.17. The highest BCUT2D eigenvalue weighted by molar-refractivity contribution is 5.95. The van der Waals surface area contributed by atoms with Gasteiger partial charge in [0.15, 0.2) is 0 Å². The second kappa shape index (κ2) is 7.77. The number of hydrogen-bond donors (Lipinski definition) is 1. The maximum Gasteiger partial charge on any atom is 0.271 e. The normalized spacial score (nSPS) is 11.9. The van der Waals surface area contributed by atoms with Crippen molar-refractivity contribution in [1.82, 2.24) is 5.43 Å². The molecular weight excluding hydrogens is 300 g/mol. The van der Waals surface area contributed by atoms with Gasteiger partial charge in [0.2, 0.25) is 0 Å². The molecule has 4 heteroatoms. The summed E-state index contributed by atoms with van der Waals surface area (Å²) in [7, 11) is 1.59. The molecule has 0 aliphatic carbocycles. The Balaban J connectivity index is 1.99. The lowest BCUT2D eigenvalue weighted by Gasteiger charge is -2.25. The lowest BCUT2D eigenvalue weighted by atomic mass is 9.80. The Hall–Kier alpha value is -2.62. The number of hydrazone groups is 1. The van der Waals surface area contributed by atoms with E-state index in [9.17, 15) is 4.79 Å². The van der Waals surface area contributed by atoms with Crippen LogP contribution in [0, 0.1) is 0 Å². The molecule has 0 unspecified atom stereocenters. The summed E-state index contributed by atoms with van der Waals surface area (Å²) < 4.78 is 5.08. The van der Waals surface area contributed by atoms with Crippen LogP contribution in [-0.2, 0) is 5.41 Å². The zero-order valence-electron chi connectivity index (χ0n) is 14.7. The first-order valence-corrected chi connectivity index (χ1v) is 7.95. The summed E-state index contributed by atoms with van der Waals surface area (Å²) in [6.45, 7) is 6.28. The fraction of sp³-hybridized carbons (Fsp3) is 0.300. The zero-order chi connectivity index (χ0) is 17.6. The molecule has 0 saturated carbocycles. The molecule has 4 nitrogen and oxygen atoms in total. The van der Waals surface area contributed by atoms with Crippen LogP contribution in [0.2, 0.25) is 0 Å². The third kappa shape index (κ3) is 4.69. The van der Waals surface area contributed by atoms with E-state index in [0.29, 0.717) is 5.56 Å². The minimum Gasteiger partial charge on any atom is -0.497 e. The maximum absolute atomic E-state index is 12.1. The molecule has 1 amide bonds. The van der Waals surface area contributed by atoms with Crippen LogP contribution in [0.4, 0.5) is 0 Å². The van der Waals surface area contributed by atoms with Gasteiger partial charge in [0.05, 0.1) is 7.11 Å². The predicted molar refractivity (Wildman–Crippen MR) is 97.7 cm³/mol. The van der Waals surface area contributed by atoms with Crippen LogP contribution in [0.5, 0.6) is 5.75 Å². The van der Waals surface area contributed by atoms with Crippen molar-refractivity contribution >= 4 is 11.6 Å². The van der Waals surface area contributed by atoms with Gasteiger partial charge in [-0.3, -0.25) is 4.79 Å². The molecule has 2 rings (SSSR count). The van der Waals surface area contributed by atoms with Gasteiger partial charge in [-0.15, -0.1) is 0 Å². The van der Waals surface area contributed by atoms with Crippen LogP contribution in [0.1, 0.15) is 43.1 Å². The monoisotopic (exact) mass is 324 g/mol. The van der Waals surface area contributed by atoms with Gasteiger partial charge in [0, 0.05) is 11.3 Å². The van der Waals surface area contributed by atoms with Crippen molar-refractivity contribution in [3.8, 4) is 5.75 Å². The fourth-order valence-electron chi connectivity index (χ4n) is 2.62. The van der Waals surface area contributed by atoms with E-state index in [4.69, 9.17) is 4.74 Å². The SMILES string of the molecule is COc1ccc(C(=O)N/N=C(\C)CC(C)(C)c2ccccc2)cc1.